The summed E-state index contributed by atoms with van der Waals surface area (Å²) < 4.78 is 0. The van der Waals surface area contributed by atoms with Gasteiger partial charge in [-0.1, -0.05) is 19.1 Å². The molecule has 2 aliphatic rings. The topological polar surface area (TPSA) is 55.5 Å². The average Bonchev–Trinajstić information content (AvgIpc) is 2.69. The summed E-state index contributed by atoms with van der Waals surface area (Å²) in [4.78, 5) is 27.4. The van der Waals surface area contributed by atoms with Crippen LogP contribution in [0.15, 0.2) is 29.1 Å². The van der Waals surface area contributed by atoms with Crippen molar-refractivity contribution in [2.45, 2.75) is 39.3 Å². The van der Waals surface area contributed by atoms with Crippen molar-refractivity contribution in [1.29, 1.82) is 0 Å². The van der Waals surface area contributed by atoms with Crippen LogP contribution in [0.4, 0.5) is 11.6 Å². The van der Waals surface area contributed by atoms with Gasteiger partial charge in [0.1, 0.15) is 0 Å². The summed E-state index contributed by atoms with van der Waals surface area (Å²) in [6.07, 6.45) is 3.27. The lowest BCUT2D eigenvalue weighted by Crippen LogP contribution is -2.39. The fraction of sp³-hybridized carbons (Fsp3) is 0.545. The fourth-order valence-electron chi connectivity index (χ4n) is 4.29. The van der Waals surface area contributed by atoms with Crippen molar-refractivity contribution in [3.63, 3.8) is 0 Å². The van der Waals surface area contributed by atoms with Crippen LogP contribution < -0.4 is 15.4 Å². The second-order valence-corrected chi connectivity index (χ2v) is 8.53. The van der Waals surface area contributed by atoms with E-state index in [1.165, 1.54) is 24.1 Å². The van der Waals surface area contributed by atoms with Crippen LogP contribution in [-0.4, -0.2) is 48.6 Å². The molecule has 2 aliphatic heterocycles. The molecule has 1 N–H and O–H groups in total. The molecule has 1 fully saturated rings. The molecule has 0 radical (unpaired) electrons. The molecule has 1 aromatic heterocycles. The third-order valence-corrected chi connectivity index (χ3v) is 5.95. The van der Waals surface area contributed by atoms with Gasteiger partial charge in [-0.2, -0.15) is 0 Å². The molecule has 28 heavy (non-hydrogen) atoms. The zero-order valence-electron chi connectivity index (χ0n) is 17.2. The molecule has 2 aromatic rings. The van der Waals surface area contributed by atoms with E-state index in [1.807, 2.05) is 0 Å². The monoisotopic (exact) mass is 381 g/mol. The van der Waals surface area contributed by atoms with Crippen molar-refractivity contribution in [3.8, 4) is 0 Å². The minimum atomic E-state index is 0.0332. The van der Waals surface area contributed by atoms with Gasteiger partial charge in [0, 0.05) is 58.9 Å². The number of nitrogens with one attached hydrogen (secondary N) is 1. The van der Waals surface area contributed by atoms with E-state index in [9.17, 15) is 4.79 Å². The standard InChI is InChI=1S/C22H31N5O/c1-16-5-4-11-27(13-16)22-23-20-10-12-26(15-19(20)21(28)24-22)14-17-6-8-18(9-7-17)25(2)3/h6-9,16H,4-5,10-15H2,1-3H3,(H,23,24,28). The first-order valence-electron chi connectivity index (χ1n) is 10.3. The number of fused-ring (bicyclic) bond motifs is 1. The van der Waals surface area contributed by atoms with Gasteiger partial charge in [-0.25, -0.2) is 4.98 Å². The highest BCUT2D eigenvalue weighted by molar-refractivity contribution is 5.46. The summed E-state index contributed by atoms with van der Waals surface area (Å²) in [5.74, 6) is 1.42. The van der Waals surface area contributed by atoms with E-state index in [4.69, 9.17) is 4.98 Å². The van der Waals surface area contributed by atoms with E-state index in [1.54, 1.807) is 0 Å². The van der Waals surface area contributed by atoms with Gasteiger partial charge in [-0.3, -0.25) is 14.7 Å². The molecule has 0 saturated carbocycles. The smallest absolute Gasteiger partial charge is 0.257 e. The SMILES string of the molecule is CC1CCCN(c2nc3c(c(=O)[nH]2)CN(Cc2ccc(N(C)C)cc2)CC3)C1. The van der Waals surface area contributed by atoms with Gasteiger partial charge in [-0.05, 0) is 36.5 Å². The van der Waals surface area contributed by atoms with Crippen LogP contribution in [0.2, 0.25) is 0 Å². The Balaban J connectivity index is 1.47. The number of nitrogens with zero attached hydrogens (tertiary/aromatic N) is 4. The average molecular weight is 382 g/mol. The van der Waals surface area contributed by atoms with E-state index >= 15 is 0 Å². The summed E-state index contributed by atoms with van der Waals surface area (Å²) in [7, 11) is 4.10. The normalized spacial score (nSPS) is 20.1. The van der Waals surface area contributed by atoms with Gasteiger partial charge < -0.3 is 9.80 Å². The number of aromatic amines is 1. The summed E-state index contributed by atoms with van der Waals surface area (Å²) in [5, 5.41) is 0. The Bertz CT molecular complexity index is 873. The summed E-state index contributed by atoms with van der Waals surface area (Å²) in [6, 6.07) is 8.64. The van der Waals surface area contributed by atoms with Crippen molar-refractivity contribution in [1.82, 2.24) is 14.9 Å². The molecule has 150 valence electrons. The number of hydrogen-bond donors (Lipinski definition) is 1. The number of anilines is 2. The first kappa shape index (κ1) is 19.0. The molecule has 1 unspecified atom stereocenters. The van der Waals surface area contributed by atoms with Gasteiger partial charge in [-0.15, -0.1) is 0 Å². The maximum Gasteiger partial charge on any atom is 0.257 e. The first-order chi connectivity index (χ1) is 13.5. The first-order valence-corrected chi connectivity index (χ1v) is 10.3. The number of benzene rings is 1. The second kappa shape index (κ2) is 7.95. The second-order valence-electron chi connectivity index (χ2n) is 8.53. The van der Waals surface area contributed by atoms with Crippen LogP contribution in [0, 0.1) is 5.92 Å². The minimum absolute atomic E-state index is 0.0332. The molecule has 6 heteroatoms. The molecular formula is C22H31N5O. The highest BCUT2D eigenvalue weighted by atomic mass is 16.1. The van der Waals surface area contributed by atoms with E-state index in [0.717, 1.165) is 49.8 Å². The predicted molar refractivity (Wildman–Crippen MR) is 114 cm³/mol. The molecular weight excluding hydrogens is 350 g/mol. The zero-order chi connectivity index (χ0) is 19.7. The highest BCUT2D eigenvalue weighted by Crippen LogP contribution is 2.22. The third kappa shape index (κ3) is 4.07. The van der Waals surface area contributed by atoms with Crippen LogP contribution in [0.25, 0.3) is 0 Å². The quantitative estimate of drug-likeness (QED) is 0.882. The Kier molecular flexibility index (Phi) is 5.40. The summed E-state index contributed by atoms with van der Waals surface area (Å²) >= 11 is 0. The van der Waals surface area contributed by atoms with E-state index in [0.29, 0.717) is 12.5 Å². The van der Waals surface area contributed by atoms with E-state index in [2.05, 4.69) is 65.0 Å². The fourth-order valence-corrected chi connectivity index (χ4v) is 4.29. The van der Waals surface area contributed by atoms with Crippen molar-refractivity contribution in [2.24, 2.45) is 5.92 Å². The Labute approximate surface area is 167 Å². The molecule has 1 aromatic carbocycles. The Morgan fingerprint density at radius 1 is 1.21 bits per heavy atom. The van der Waals surface area contributed by atoms with Crippen LogP contribution in [-0.2, 0) is 19.5 Å². The number of piperidine rings is 1. The summed E-state index contributed by atoms with van der Waals surface area (Å²) in [5.41, 5.74) is 4.33. The third-order valence-electron chi connectivity index (χ3n) is 5.95. The number of aromatic nitrogens is 2. The van der Waals surface area contributed by atoms with Crippen molar-refractivity contribution in [3.05, 3.63) is 51.4 Å². The Morgan fingerprint density at radius 2 is 2.00 bits per heavy atom. The van der Waals surface area contributed by atoms with Crippen LogP contribution in [0.3, 0.4) is 0 Å². The molecule has 1 atom stereocenters. The highest BCUT2D eigenvalue weighted by Gasteiger charge is 2.24. The van der Waals surface area contributed by atoms with E-state index < -0.39 is 0 Å². The van der Waals surface area contributed by atoms with Gasteiger partial charge in [0.2, 0.25) is 5.95 Å². The molecule has 6 nitrogen and oxygen atoms in total. The maximum absolute atomic E-state index is 12.8. The van der Waals surface area contributed by atoms with Gasteiger partial charge >= 0.3 is 0 Å². The lowest BCUT2D eigenvalue weighted by atomic mass is 10.0. The lowest BCUT2D eigenvalue weighted by molar-refractivity contribution is 0.241. The molecule has 0 amide bonds. The molecule has 4 rings (SSSR count). The van der Waals surface area contributed by atoms with Gasteiger partial charge in [0.05, 0.1) is 11.3 Å². The van der Waals surface area contributed by atoms with Crippen molar-refractivity contribution in [2.75, 3.05) is 43.5 Å². The van der Waals surface area contributed by atoms with Crippen molar-refractivity contribution >= 4 is 11.6 Å². The largest absolute Gasteiger partial charge is 0.378 e. The molecule has 0 bridgehead atoms. The molecule has 0 aliphatic carbocycles. The van der Waals surface area contributed by atoms with Crippen LogP contribution in [0.1, 0.15) is 36.6 Å². The maximum atomic E-state index is 12.8. The number of hydrogen-bond acceptors (Lipinski definition) is 5. The number of rotatable bonds is 4. The van der Waals surface area contributed by atoms with Crippen LogP contribution >= 0.6 is 0 Å². The van der Waals surface area contributed by atoms with Gasteiger partial charge in [0.15, 0.2) is 0 Å². The molecule has 1 saturated heterocycles. The van der Waals surface area contributed by atoms with Gasteiger partial charge in [0.25, 0.3) is 5.56 Å². The Morgan fingerprint density at radius 3 is 2.71 bits per heavy atom. The minimum Gasteiger partial charge on any atom is -0.378 e. The predicted octanol–water partition coefficient (Wildman–Crippen LogP) is 2.63. The Hall–Kier alpha value is -2.34. The molecule has 0 spiro atoms. The lowest BCUT2D eigenvalue weighted by Gasteiger charge is -2.33. The summed E-state index contributed by atoms with van der Waals surface area (Å²) in [6.45, 7) is 6.71. The zero-order valence-corrected chi connectivity index (χ0v) is 17.2. The van der Waals surface area contributed by atoms with E-state index in [-0.39, 0.29) is 5.56 Å². The van der Waals surface area contributed by atoms with Crippen LogP contribution in [0.5, 0.6) is 0 Å². The molecule has 3 heterocycles. The van der Waals surface area contributed by atoms with Crippen molar-refractivity contribution < 1.29 is 0 Å². The number of H-pyrrole nitrogens is 1.